The number of hydrazine groups is 1. The average Bonchev–Trinajstić information content (AvgIpc) is 2.47. The molecule has 0 spiro atoms. The van der Waals surface area contributed by atoms with E-state index in [1.807, 2.05) is 0 Å². The summed E-state index contributed by atoms with van der Waals surface area (Å²) in [5, 5.41) is 0. The number of nitrogens with one attached hydrogen (secondary N) is 1. The predicted octanol–water partition coefficient (Wildman–Crippen LogP) is 1.32. The fourth-order valence-corrected chi connectivity index (χ4v) is 3.89. The van der Waals surface area contributed by atoms with Crippen LogP contribution in [0, 0.1) is 0 Å². The summed E-state index contributed by atoms with van der Waals surface area (Å²) in [5.74, 6) is 5.61. The molecule has 1 fully saturated rings. The van der Waals surface area contributed by atoms with Crippen LogP contribution in [0.5, 0.6) is 0 Å². The molecule has 0 atom stereocenters. The van der Waals surface area contributed by atoms with Crippen molar-refractivity contribution in [1.82, 2.24) is 9.29 Å². The first-order valence-corrected chi connectivity index (χ1v) is 7.90. The van der Waals surface area contributed by atoms with Crippen LogP contribution >= 0.6 is 0 Å². The monoisotopic (exact) mass is 284 g/mol. The summed E-state index contributed by atoms with van der Waals surface area (Å²) >= 11 is 0. The van der Waals surface area contributed by atoms with Gasteiger partial charge < -0.3 is 5.43 Å². The minimum Gasteiger partial charge on any atom is -0.308 e. The second-order valence-corrected chi connectivity index (χ2v) is 6.83. The van der Waals surface area contributed by atoms with Gasteiger partial charge in [-0.3, -0.25) is 0 Å². The van der Waals surface area contributed by atoms with Crippen molar-refractivity contribution in [3.05, 3.63) is 18.3 Å². The third-order valence-corrected chi connectivity index (χ3v) is 5.55. The molecule has 1 aliphatic rings. The van der Waals surface area contributed by atoms with Crippen LogP contribution in [-0.2, 0) is 10.0 Å². The van der Waals surface area contributed by atoms with Crippen molar-refractivity contribution in [2.45, 2.75) is 43.0 Å². The van der Waals surface area contributed by atoms with E-state index in [-0.39, 0.29) is 10.9 Å². The molecule has 1 aromatic rings. The van der Waals surface area contributed by atoms with Gasteiger partial charge in [0, 0.05) is 25.4 Å². The molecule has 0 radical (unpaired) electrons. The van der Waals surface area contributed by atoms with Gasteiger partial charge in [-0.15, -0.1) is 0 Å². The van der Waals surface area contributed by atoms with Gasteiger partial charge in [0.2, 0.25) is 10.0 Å². The predicted molar refractivity (Wildman–Crippen MR) is 73.9 cm³/mol. The van der Waals surface area contributed by atoms with E-state index in [1.54, 1.807) is 7.05 Å². The summed E-state index contributed by atoms with van der Waals surface area (Å²) in [5.41, 5.74) is 2.36. The summed E-state index contributed by atoms with van der Waals surface area (Å²) in [6, 6.07) is 3.05. The van der Waals surface area contributed by atoms with Gasteiger partial charge in [0.1, 0.15) is 5.82 Å². The highest BCUT2D eigenvalue weighted by Crippen LogP contribution is 2.26. The summed E-state index contributed by atoms with van der Waals surface area (Å²) in [6.07, 6.45) is 6.69. The van der Waals surface area contributed by atoms with Crippen LogP contribution in [-0.4, -0.2) is 30.8 Å². The highest BCUT2D eigenvalue weighted by molar-refractivity contribution is 7.89. The largest absolute Gasteiger partial charge is 0.308 e. The smallest absolute Gasteiger partial charge is 0.243 e. The van der Waals surface area contributed by atoms with Gasteiger partial charge in [-0.2, -0.15) is 4.31 Å². The number of sulfonamides is 1. The maximum absolute atomic E-state index is 12.5. The molecule has 1 aliphatic carbocycles. The molecule has 0 bridgehead atoms. The van der Waals surface area contributed by atoms with E-state index in [9.17, 15) is 8.42 Å². The second-order valence-electron chi connectivity index (χ2n) is 4.83. The van der Waals surface area contributed by atoms with Crippen molar-refractivity contribution in [3.63, 3.8) is 0 Å². The number of anilines is 1. The Kier molecular flexibility index (Phi) is 4.38. The lowest BCUT2D eigenvalue weighted by Crippen LogP contribution is -2.38. The molecule has 1 heterocycles. The standard InChI is InChI=1S/C12H20N4O2S/c1-16(10-5-3-2-4-6-10)19(17,18)11-7-8-14-12(9-11)15-13/h7-10H,2-6,13H2,1H3,(H,14,15). The van der Waals surface area contributed by atoms with E-state index in [2.05, 4.69) is 10.4 Å². The Labute approximate surface area is 114 Å². The topological polar surface area (TPSA) is 88.3 Å². The SMILES string of the molecule is CN(C1CCCCC1)S(=O)(=O)c1ccnc(NN)c1. The number of nitrogens with two attached hydrogens (primary N) is 1. The first-order valence-electron chi connectivity index (χ1n) is 6.46. The lowest BCUT2D eigenvalue weighted by Gasteiger charge is -2.30. The number of aromatic nitrogens is 1. The van der Waals surface area contributed by atoms with Crippen molar-refractivity contribution >= 4 is 15.8 Å². The van der Waals surface area contributed by atoms with Gasteiger partial charge in [0.15, 0.2) is 0 Å². The van der Waals surface area contributed by atoms with Crippen LogP contribution in [0.1, 0.15) is 32.1 Å². The van der Waals surface area contributed by atoms with E-state index in [1.165, 1.54) is 29.1 Å². The van der Waals surface area contributed by atoms with Crippen LogP contribution in [0.4, 0.5) is 5.82 Å². The Morgan fingerprint density at radius 3 is 2.68 bits per heavy atom. The first-order chi connectivity index (χ1) is 9.05. The number of nitrogen functional groups attached to an aromatic ring is 1. The Balaban J connectivity index is 2.24. The Bertz CT molecular complexity index is 526. The highest BCUT2D eigenvalue weighted by Gasteiger charge is 2.29. The second kappa shape index (κ2) is 5.85. The maximum atomic E-state index is 12.5. The molecule has 6 nitrogen and oxygen atoms in total. The highest BCUT2D eigenvalue weighted by atomic mass is 32.2. The van der Waals surface area contributed by atoms with E-state index in [4.69, 9.17) is 5.84 Å². The van der Waals surface area contributed by atoms with Gasteiger partial charge >= 0.3 is 0 Å². The first kappa shape index (κ1) is 14.2. The van der Waals surface area contributed by atoms with Crippen molar-refractivity contribution in [2.24, 2.45) is 5.84 Å². The fourth-order valence-electron chi connectivity index (χ4n) is 2.46. The minimum absolute atomic E-state index is 0.0983. The zero-order chi connectivity index (χ0) is 13.9. The third kappa shape index (κ3) is 3.05. The molecule has 106 valence electrons. The molecule has 3 N–H and O–H groups in total. The molecule has 2 rings (SSSR count). The molecular formula is C12H20N4O2S. The van der Waals surface area contributed by atoms with Crippen molar-refractivity contribution in [3.8, 4) is 0 Å². The maximum Gasteiger partial charge on any atom is 0.243 e. The fraction of sp³-hybridized carbons (Fsp3) is 0.583. The van der Waals surface area contributed by atoms with Crippen LogP contribution < -0.4 is 11.3 Å². The van der Waals surface area contributed by atoms with Gasteiger partial charge in [-0.1, -0.05) is 19.3 Å². The summed E-state index contributed by atoms with van der Waals surface area (Å²) in [7, 11) is -1.82. The molecule has 7 heteroatoms. The zero-order valence-electron chi connectivity index (χ0n) is 11.0. The minimum atomic E-state index is -3.47. The number of rotatable bonds is 4. The normalized spacial score (nSPS) is 17.6. The molecule has 0 saturated heterocycles. The lowest BCUT2D eigenvalue weighted by atomic mass is 9.96. The van der Waals surface area contributed by atoms with Gasteiger partial charge in [0.05, 0.1) is 4.90 Å². The van der Waals surface area contributed by atoms with Crippen LogP contribution in [0.3, 0.4) is 0 Å². The molecule has 0 aliphatic heterocycles. The van der Waals surface area contributed by atoms with Gasteiger partial charge in [-0.25, -0.2) is 19.2 Å². The third-order valence-electron chi connectivity index (χ3n) is 3.65. The Morgan fingerprint density at radius 2 is 2.05 bits per heavy atom. The summed E-state index contributed by atoms with van der Waals surface area (Å²) < 4.78 is 26.5. The Hall–Kier alpha value is -1.18. The van der Waals surface area contributed by atoms with E-state index >= 15 is 0 Å². The zero-order valence-corrected chi connectivity index (χ0v) is 11.9. The number of hydrogen-bond acceptors (Lipinski definition) is 5. The van der Waals surface area contributed by atoms with Crippen LogP contribution in [0.15, 0.2) is 23.2 Å². The molecule has 0 amide bonds. The Morgan fingerprint density at radius 1 is 1.37 bits per heavy atom. The number of hydrogen-bond donors (Lipinski definition) is 2. The number of nitrogens with zero attached hydrogens (tertiary/aromatic N) is 2. The van der Waals surface area contributed by atoms with Crippen molar-refractivity contribution < 1.29 is 8.42 Å². The van der Waals surface area contributed by atoms with Gasteiger partial charge in [-0.05, 0) is 18.9 Å². The van der Waals surface area contributed by atoms with Crippen molar-refractivity contribution in [2.75, 3.05) is 12.5 Å². The lowest BCUT2D eigenvalue weighted by molar-refractivity contribution is 0.286. The number of pyridine rings is 1. The quantitative estimate of drug-likeness (QED) is 0.643. The van der Waals surface area contributed by atoms with Crippen LogP contribution in [0.25, 0.3) is 0 Å². The molecule has 0 aromatic carbocycles. The molecule has 1 aromatic heterocycles. The average molecular weight is 284 g/mol. The van der Waals surface area contributed by atoms with Gasteiger partial charge in [0.25, 0.3) is 0 Å². The molecule has 1 saturated carbocycles. The van der Waals surface area contributed by atoms with E-state index < -0.39 is 10.0 Å². The van der Waals surface area contributed by atoms with E-state index in [0.717, 1.165) is 25.7 Å². The molecule has 0 unspecified atom stereocenters. The molecule has 19 heavy (non-hydrogen) atoms. The summed E-state index contributed by atoms with van der Waals surface area (Å²) in [6.45, 7) is 0. The van der Waals surface area contributed by atoms with E-state index in [0.29, 0.717) is 5.82 Å². The summed E-state index contributed by atoms with van der Waals surface area (Å²) in [4.78, 5) is 4.15. The van der Waals surface area contributed by atoms with Crippen molar-refractivity contribution in [1.29, 1.82) is 0 Å². The van der Waals surface area contributed by atoms with Crippen LogP contribution in [0.2, 0.25) is 0 Å². The molecular weight excluding hydrogens is 264 g/mol.